The number of carbonyl (C=O) groups excluding carboxylic acids is 1. The Morgan fingerprint density at radius 3 is 2.58 bits per heavy atom. The highest BCUT2D eigenvalue weighted by atomic mass is 16.6. The zero-order valence-corrected chi connectivity index (χ0v) is 14.2. The van der Waals surface area contributed by atoms with Crippen LogP contribution in [0.4, 0.5) is 5.69 Å². The summed E-state index contributed by atoms with van der Waals surface area (Å²) in [4.78, 5) is 39.3. The third-order valence-corrected chi connectivity index (χ3v) is 4.15. The number of ketones is 1. The zero-order chi connectivity index (χ0) is 18.7. The SMILES string of the molecule is CCCc1ccc(C(=O)Cn2cnc3cc([N+](=O)[O-])ccc3c2=O)cc1. The van der Waals surface area contributed by atoms with E-state index >= 15 is 0 Å². The average Bonchev–Trinajstić information content (AvgIpc) is 2.64. The number of aryl methyl sites for hydroxylation is 1. The Kier molecular flexibility index (Phi) is 4.88. The Balaban J connectivity index is 1.87. The molecule has 0 aliphatic rings. The molecular formula is C19H17N3O4. The Bertz CT molecular complexity index is 1040. The summed E-state index contributed by atoms with van der Waals surface area (Å²) in [6, 6.07) is 11.2. The van der Waals surface area contributed by atoms with Gasteiger partial charge in [0.2, 0.25) is 0 Å². The van der Waals surface area contributed by atoms with Crippen LogP contribution in [-0.2, 0) is 13.0 Å². The second-order valence-corrected chi connectivity index (χ2v) is 6.01. The molecule has 3 rings (SSSR count). The van der Waals surface area contributed by atoms with Crippen LogP contribution in [0.25, 0.3) is 10.9 Å². The number of hydrogen-bond acceptors (Lipinski definition) is 5. The van der Waals surface area contributed by atoms with Crippen LogP contribution in [0.2, 0.25) is 0 Å². The fourth-order valence-electron chi connectivity index (χ4n) is 2.76. The number of carbonyl (C=O) groups is 1. The Hall–Kier alpha value is -3.35. The van der Waals surface area contributed by atoms with Crippen molar-refractivity contribution in [3.05, 3.63) is 80.4 Å². The smallest absolute Gasteiger partial charge is 0.271 e. The summed E-state index contributed by atoms with van der Waals surface area (Å²) >= 11 is 0. The minimum Gasteiger partial charge on any atom is -0.292 e. The van der Waals surface area contributed by atoms with Gasteiger partial charge in [-0.05, 0) is 18.1 Å². The maximum Gasteiger partial charge on any atom is 0.271 e. The first kappa shape index (κ1) is 17.5. The zero-order valence-electron chi connectivity index (χ0n) is 14.2. The van der Waals surface area contributed by atoms with Crippen molar-refractivity contribution in [3.63, 3.8) is 0 Å². The monoisotopic (exact) mass is 351 g/mol. The van der Waals surface area contributed by atoms with Gasteiger partial charge in [0.05, 0.1) is 28.7 Å². The maximum atomic E-state index is 12.5. The first-order valence-electron chi connectivity index (χ1n) is 8.25. The summed E-state index contributed by atoms with van der Waals surface area (Å²) in [6.45, 7) is 1.96. The molecule has 7 nitrogen and oxygen atoms in total. The first-order chi connectivity index (χ1) is 12.5. The highest BCUT2D eigenvalue weighted by molar-refractivity contribution is 5.96. The predicted octanol–water partition coefficient (Wildman–Crippen LogP) is 3.14. The van der Waals surface area contributed by atoms with Gasteiger partial charge in [-0.1, -0.05) is 37.6 Å². The fraction of sp³-hybridized carbons (Fsp3) is 0.211. The van der Waals surface area contributed by atoms with E-state index in [0.29, 0.717) is 5.56 Å². The summed E-state index contributed by atoms with van der Waals surface area (Å²) in [5.74, 6) is -0.196. The lowest BCUT2D eigenvalue weighted by molar-refractivity contribution is -0.384. The molecule has 3 aromatic rings. The molecule has 1 heterocycles. The number of benzene rings is 2. The van der Waals surface area contributed by atoms with Crippen molar-refractivity contribution in [2.24, 2.45) is 0 Å². The third kappa shape index (κ3) is 3.51. The summed E-state index contributed by atoms with van der Waals surface area (Å²) in [7, 11) is 0. The highest BCUT2D eigenvalue weighted by Crippen LogP contribution is 2.16. The normalized spacial score (nSPS) is 10.8. The first-order valence-corrected chi connectivity index (χ1v) is 8.25. The van der Waals surface area contributed by atoms with Crippen molar-refractivity contribution in [2.75, 3.05) is 0 Å². The van der Waals surface area contributed by atoms with Gasteiger partial charge in [-0.25, -0.2) is 4.98 Å². The van der Waals surface area contributed by atoms with E-state index in [1.165, 1.54) is 29.1 Å². The van der Waals surface area contributed by atoms with Gasteiger partial charge in [0, 0.05) is 17.7 Å². The molecule has 2 aromatic carbocycles. The minimum atomic E-state index is -0.543. The Morgan fingerprint density at radius 2 is 1.92 bits per heavy atom. The molecule has 26 heavy (non-hydrogen) atoms. The van der Waals surface area contributed by atoms with Gasteiger partial charge in [0.25, 0.3) is 11.2 Å². The highest BCUT2D eigenvalue weighted by Gasteiger charge is 2.13. The van der Waals surface area contributed by atoms with Crippen molar-refractivity contribution in [3.8, 4) is 0 Å². The minimum absolute atomic E-state index is 0.133. The summed E-state index contributed by atoms with van der Waals surface area (Å²) in [5.41, 5.74) is 1.39. The fourth-order valence-corrected chi connectivity index (χ4v) is 2.76. The number of rotatable bonds is 6. The lowest BCUT2D eigenvalue weighted by Gasteiger charge is -2.07. The number of nitrogens with zero attached hydrogens (tertiary/aromatic N) is 3. The van der Waals surface area contributed by atoms with Crippen molar-refractivity contribution in [1.82, 2.24) is 9.55 Å². The quantitative estimate of drug-likeness (QED) is 0.386. The summed E-state index contributed by atoms with van der Waals surface area (Å²) in [5, 5.41) is 11.1. The number of nitro benzene ring substituents is 1. The predicted molar refractivity (Wildman–Crippen MR) is 97.4 cm³/mol. The molecular weight excluding hydrogens is 334 g/mol. The Labute approximate surface area is 149 Å². The lowest BCUT2D eigenvalue weighted by Crippen LogP contribution is -2.24. The van der Waals surface area contributed by atoms with Crippen LogP contribution in [0.5, 0.6) is 0 Å². The van der Waals surface area contributed by atoms with Crippen molar-refractivity contribution in [2.45, 2.75) is 26.3 Å². The van der Waals surface area contributed by atoms with Gasteiger partial charge in [0.1, 0.15) is 0 Å². The molecule has 0 amide bonds. The number of hydrogen-bond donors (Lipinski definition) is 0. The molecule has 0 N–H and O–H groups in total. The van der Waals surface area contributed by atoms with Crippen LogP contribution < -0.4 is 5.56 Å². The largest absolute Gasteiger partial charge is 0.292 e. The lowest BCUT2D eigenvalue weighted by atomic mass is 10.1. The maximum absolute atomic E-state index is 12.5. The summed E-state index contributed by atoms with van der Waals surface area (Å²) in [6.07, 6.45) is 3.23. The van der Waals surface area contributed by atoms with E-state index in [-0.39, 0.29) is 28.9 Å². The van der Waals surface area contributed by atoms with Crippen molar-refractivity contribution < 1.29 is 9.72 Å². The second kappa shape index (κ2) is 7.26. The number of non-ortho nitro benzene ring substituents is 1. The molecule has 0 aliphatic heterocycles. The van der Waals surface area contributed by atoms with Gasteiger partial charge in [-0.2, -0.15) is 0 Å². The molecule has 0 unspecified atom stereocenters. The van der Waals surface area contributed by atoms with E-state index in [9.17, 15) is 19.7 Å². The molecule has 0 spiro atoms. The van der Waals surface area contributed by atoms with E-state index in [1.54, 1.807) is 12.1 Å². The van der Waals surface area contributed by atoms with E-state index in [2.05, 4.69) is 11.9 Å². The van der Waals surface area contributed by atoms with Crippen LogP contribution >= 0.6 is 0 Å². The van der Waals surface area contributed by atoms with E-state index in [4.69, 9.17) is 0 Å². The van der Waals surface area contributed by atoms with Crippen molar-refractivity contribution in [1.29, 1.82) is 0 Å². The summed E-state index contributed by atoms with van der Waals surface area (Å²) < 4.78 is 1.22. The van der Waals surface area contributed by atoms with Gasteiger partial charge in [-0.15, -0.1) is 0 Å². The molecule has 132 valence electrons. The third-order valence-electron chi connectivity index (χ3n) is 4.15. The topological polar surface area (TPSA) is 95.1 Å². The molecule has 0 aliphatic carbocycles. The average molecular weight is 351 g/mol. The van der Waals surface area contributed by atoms with Crippen LogP contribution in [0.1, 0.15) is 29.3 Å². The van der Waals surface area contributed by atoms with Gasteiger partial charge < -0.3 is 0 Å². The number of fused-ring (bicyclic) bond motifs is 1. The van der Waals surface area contributed by atoms with Gasteiger partial charge >= 0.3 is 0 Å². The van der Waals surface area contributed by atoms with E-state index < -0.39 is 10.5 Å². The molecule has 7 heteroatoms. The molecule has 0 fully saturated rings. The molecule has 0 radical (unpaired) electrons. The molecule has 0 bridgehead atoms. The van der Waals surface area contributed by atoms with Crippen LogP contribution in [0.15, 0.2) is 53.6 Å². The van der Waals surface area contributed by atoms with Crippen LogP contribution in [-0.4, -0.2) is 20.3 Å². The molecule has 0 saturated carbocycles. The Morgan fingerprint density at radius 1 is 1.19 bits per heavy atom. The number of aromatic nitrogens is 2. The standard InChI is InChI=1S/C19H17N3O4/c1-2-3-13-4-6-14(7-5-13)18(23)11-21-12-20-17-10-15(22(25)26)8-9-16(17)19(21)24/h4-10,12H,2-3,11H2,1H3. The van der Waals surface area contributed by atoms with Crippen LogP contribution in [0.3, 0.4) is 0 Å². The van der Waals surface area contributed by atoms with E-state index in [0.717, 1.165) is 18.4 Å². The molecule has 0 saturated heterocycles. The molecule has 1 aromatic heterocycles. The number of nitro groups is 1. The second-order valence-electron chi connectivity index (χ2n) is 6.01. The number of Topliss-reactive ketones (excluding diaryl/α,β-unsaturated/α-hetero) is 1. The van der Waals surface area contributed by atoms with E-state index in [1.807, 2.05) is 12.1 Å². The van der Waals surface area contributed by atoms with Crippen LogP contribution in [0, 0.1) is 10.1 Å². The molecule has 0 atom stereocenters. The van der Waals surface area contributed by atoms with Gasteiger partial charge in [0.15, 0.2) is 5.78 Å². The van der Waals surface area contributed by atoms with Gasteiger partial charge in [-0.3, -0.25) is 24.3 Å². The van der Waals surface area contributed by atoms with Crippen molar-refractivity contribution >= 4 is 22.4 Å².